The van der Waals surface area contributed by atoms with Crippen molar-refractivity contribution < 1.29 is 19.4 Å². The Balaban J connectivity index is 2.05. The van der Waals surface area contributed by atoms with Gasteiger partial charge in [-0.15, -0.1) is 11.3 Å². The summed E-state index contributed by atoms with van der Waals surface area (Å²) in [5.74, 6) is -0.534. The fourth-order valence-corrected chi connectivity index (χ4v) is 2.96. The lowest BCUT2D eigenvalue weighted by atomic mass is 10.2. The first-order chi connectivity index (χ1) is 11.1. The van der Waals surface area contributed by atoms with Crippen LogP contribution in [0.25, 0.3) is 16.5 Å². The van der Waals surface area contributed by atoms with Crippen molar-refractivity contribution in [1.29, 1.82) is 0 Å². The second kappa shape index (κ2) is 8.57. The van der Waals surface area contributed by atoms with Crippen LogP contribution in [0.3, 0.4) is 0 Å². The van der Waals surface area contributed by atoms with E-state index in [0.29, 0.717) is 0 Å². The van der Waals surface area contributed by atoms with Gasteiger partial charge in [-0.05, 0) is 35.9 Å². The molecule has 1 aromatic heterocycles. The highest BCUT2D eigenvalue weighted by Gasteiger charge is 2.09. The molecule has 2 aromatic rings. The van der Waals surface area contributed by atoms with E-state index in [0.717, 1.165) is 15.3 Å². The molecule has 1 aromatic carbocycles. The lowest BCUT2D eigenvalue weighted by Gasteiger charge is -2.18. The summed E-state index contributed by atoms with van der Waals surface area (Å²) in [5.41, 5.74) is 0.921. The SMILES string of the molecule is O=C(/C=C/c1ccc(-c2ccc(F)cc2)s1)N(CCO)CCO. The van der Waals surface area contributed by atoms with Gasteiger partial charge in [0, 0.05) is 28.9 Å². The molecule has 0 saturated heterocycles. The zero-order chi connectivity index (χ0) is 16.7. The smallest absolute Gasteiger partial charge is 0.246 e. The molecule has 6 heteroatoms. The largest absolute Gasteiger partial charge is 0.395 e. The molecule has 0 radical (unpaired) electrons. The van der Waals surface area contributed by atoms with Crippen LogP contribution < -0.4 is 0 Å². The van der Waals surface area contributed by atoms with Crippen molar-refractivity contribution in [3.05, 3.63) is 53.2 Å². The van der Waals surface area contributed by atoms with Gasteiger partial charge in [0.1, 0.15) is 5.82 Å². The number of aliphatic hydroxyl groups is 2. The Morgan fingerprint density at radius 1 is 1.09 bits per heavy atom. The number of amides is 1. The van der Waals surface area contributed by atoms with Gasteiger partial charge >= 0.3 is 0 Å². The summed E-state index contributed by atoms with van der Waals surface area (Å²) in [6.45, 7) is 0.0879. The Bertz CT molecular complexity index is 661. The van der Waals surface area contributed by atoms with E-state index in [-0.39, 0.29) is 38.0 Å². The summed E-state index contributed by atoms with van der Waals surface area (Å²) in [6, 6.07) is 10.1. The monoisotopic (exact) mass is 335 g/mol. The molecule has 0 unspecified atom stereocenters. The van der Waals surface area contributed by atoms with Crippen LogP contribution in [0.4, 0.5) is 4.39 Å². The number of hydrogen-bond acceptors (Lipinski definition) is 4. The van der Waals surface area contributed by atoms with Crippen molar-refractivity contribution in [2.45, 2.75) is 0 Å². The summed E-state index contributed by atoms with van der Waals surface area (Å²) >= 11 is 1.49. The number of rotatable bonds is 7. The van der Waals surface area contributed by atoms with Crippen molar-refractivity contribution in [2.24, 2.45) is 0 Å². The second-order valence-electron chi connectivity index (χ2n) is 4.81. The van der Waals surface area contributed by atoms with Gasteiger partial charge in [0.05, 0.1) is 13.2 Å². The van der Waals surface area contributed by atoms with Gasteiger partial charge in [-0.3, -0.25) is 4.79 Å². The molecule has 0 fully saturated rings. The summed E-state index contributed by atoms with van der Waals surface area (Å²) in [7, 11) is 0. The lowest BCUT2D eigenvalue weighted by Crippen LogP contribution is -2.34. The molecule has 0 aliphatic carbocycles. The minimum atomic E-state index is -0.274. The second-order valence-corrected chi connectivity index (χ2v) is 5.93. The van der Waals surface area contributed by atoms with E-state index >= 15 is 0 Å². The number of nitrogens with zero attached hydrogens (tertiary/aromatic N) is 1. The van der Waals surface area contributed by atoms with Gasteiger partial charge in [-0.2, -0.15) is 0 Å². The summed E-state index contributed by atoms with van der Waals surface area (Å²) in [4.78, 5) is 15.3. The quantitative estimate of drug-likeness (QED) is 0.764. The third-order valence-corrected chi connectivity index (χ3v) is 4.30. The van der Waals surface area contributed by atoms with Crippen LogP contribution in [0.5, 0.6) is 0 Å². The molecule has 0 spiro atoms. The first-order valence-electron chi connectivity index (χ1n) is 7.18. The molecule has 2 N–H and O–H groups in total. The number of halogens is 1. The highest BCUT2D eigenvalue weighted by Crippen LogP contribution is 2.28. The minimum absolute atomic E-state index is 0.146. The van der Waals surface area contributed by atoms with Crippen LogP contribution >= 0.6 is 11.3 Å². The fraction of sp³-hybridized carbons (Fsp3) is 0.235. The van der Waals surface area contributed by atoms with Gasteiger partial charge in [-0.1, -0.05) is 12.1 Å². The predicted octanol–water partition coefficient (Wildman–Crippen LogP) is 2.38. The molecular weight excluding hydrogens is 317 g/mol. The topological polar surface area (TPSA) is 60.8 Å². The zero-order valence-corrected chi connectivity index (χ0v) is 13.3. The predicted molar refractivity (Wildman–Crippen MR) is 89.5 cm³/mol. The van der Waals surface area contributed by atoms with Gasteiger partial charge in [0.2, 0.25) is 5.91 Å². The molecule has 0 aliphatic rings. The molecule has 23 heavy (non-hydrogen) atoms. The van der Waals surface area contributed by atoms with Gasteiger partial charge in [-0.25, -0.2) is 4.39 Å². The van der Waals surface area contributed by atoms with Crippen LogP contribution in [-0.2, 0) is 4.79 Å². The Kier molecular flexibility index (Phi) is 6.46. The maximum absolute atomic E-state index is 12.9. The van der Waals surface area contributed by atoms with Crippen LogP contribution in [0.2, 0.25) is 0 Å². The van der Waals surface area contributed by atoms with Crippen molar-refractivity contribution >= 4 is 23.3 Å². The van der Waals surface area contributed by atoms with Crippen LogP contribution in [0, 0.1) is 5.82 Å². The summed E-state index contributed by atoms with van der Waals surface area (Å²) < 4.78 is 12.9. The van der Waals surface area contributed by atoms with E-state index in [9.17, 15) is 9.18 Å². The van der Waals surface area contributed by atoms with Gasteiger partial charge in [0.25, 0.3) is 0 Å². The summed E-state index contributed by atoms with van der Waals surface area (Å²) in [5, 5.41) is 17.8. The number of thiophene rings is 1. The van der Waals surface area contributed by atoms with Crippen LogP contribution in [0.1, 0.15) is 4.88 Å². The third-order valence-electron chi connectivity index (χ3n) is 3.20. The van der Waals surface area contributed by atoms with Crippen molar-refractivity contribution in [3.8, 4) is 10.4 Å². The standard InChI is InChI=1S/C17H18FNO3S/c18-14-3-1-13(2-4-14)16-7-5-15(23-16)6-8-17(22)19(9-11-20)10-12-21/h1-8,20-21H,9-12H2/b8-6+. The van der Waals surface area contributed by atoms with Crippen molar-refractivity contribution in [2.75, 3.05) is 26.3 Å². The number of benzene rings is 1. The molecule has 0 bridgehead atoms. The highest BCUT2D eigenvalue weighted by molar-refractivity contribution is 7.16. The Labute approximate surface area is 138 Å². The van der Waals surface area contributed by atoms with Crippen LogP contribution in [0.15, 0.2) is 42.5 Å². The third kappa shape index (κ3) is 4.99. The molecule has 2 rings (SSSR count). The van der Waals surface area contributed by atoms with E-state index in [1.165, 1.54) is 34.4 Å². The zero-order valence-electron chi connectivity index (χ0n) is 12.5. The van der Waals surface area contributed by atoms with E-state index in [1.807, 2.05) is 12.1 Å². The normalized spacial score (nSPS) is 11.1. The molecule has 0 aliphatic heterocycles. The molecule has 122 valence electrons. The molecule has 4 nitrogen and oxygen atoms in total. The first-order valence-corrected chi connectivity index (χ1v) is 8.00. The minimum Gasteiger partial charge on any atom is -0.395 e. The van der Waals surface area contributed by atoms with E-state index in [2.05, 4.69) is 0 Å². The highest BCUT2D eigenvalue weighted by atomic mass is 32.1. The molecule has 0 atom stereocenters. The molecule has 0 saturated carbocycles. The van der Waals surface area contributed by atoms with Crippen molar-refractivity contribution in [1.82, 2.24) is 4.90 Å². The lowest BCUT2D eigenvalue weighted by molar-refractivity contribution is -0.126. The Hall–Kier alpha value is -2.02. The van der Waals surface area contributed by atoms with E-state index < -0.39 is 0 Å². The van der Waals surface area contributed by atoms with Gasteiger partial charge < -0.3 is 15.1 Å². The fourth-order valence-electron chi connectivity index (χ4n) is 2.04. The van der Waals surface area contributed by atoms with Crippen LogP contribution in [-0.4, -0.2) is 47.3 Å². The van der Waals surface area contributed by atoms with E-state index in [1.54, 1.807) is 18.2 Å². The van der Waals surface area contributed by atoms with Crippen molar-refractivity contribution in [3.63, 3.8) is 0 Å². The van der Waals surface area contributed by atoms with E-state index in [4.69, 9.17) is 10.2 Å². The summed E-state index contributed by atoms with van der Waals surface area (Å²) in [6.07, 6.45) is 3.12. The first kappa shape index (κ1) is 17.3. The maximum atomic E-state index is 12.9. The molecule has 1 amide bonds. The molecule has 1 heterocycles. The Morgan fingerprint density at radius 2 is 1.74 bits per heavy atom. The number of aliphatic hydroxyl groups excluding tert-OH is 2. The number of carbonyl (C=O) groups is 1. The average Bonchev–Trinajstić information content (AvgIpc) is 3.02. The number of hydrogen-bond donors (Lipinski definition) is 2. The number of carbonyl (C=O) groups excluding carboxylic acids is 1. The molecular formula is C17H18FNO3S. The Morgan fingerprint density at radius 3 is 2.35 bits per heavy atom. The maximum Gasteiger partial charge on any atom is 0.246 e. The van der Waals surface area contributed by atoms with Gasteiger partial charge in [0.15, 0.2) is 0 Å². The average molecular weight is 335 g/mol.